The monoisotopic (exact) mass is 688 g/mol. The predicted molar refractivity (Wildman–Crippen MR) is 170 cm³/mol. The first-order valence-electron chi connectivity index (χ1n) is 14.1. The second-order valence-corrected chi connectivity index (χ2v) is 24.0. The van der Waals surface area contributed by atoms with E-state index in [1.165, 1.54) is 44.3 Å². The molecule has 0 saturated heterocycles. The average Bonchev–Trinajstić information content (AvgIpc) is 3.60. The SMILES string of the molecule is CC1=C2c3ccn(-c4ccccc4)c3C1[Si]2(C)C.CC1=Cc2c(-c3ccc([Si](C)(C)C)cc3)cccc2[CH]1[Zr+2].[Cl-].[Cl-]. The van der Waals surface area contributed by atoms with Crippen molar-refractivity contribution in [3.63, 3.8) is 0 Å². The molecule has 2 unspecified atom stereocenters. The second-order valence-electron chi connectivity index (χ2n) is 13.0. The zero-order valence-electron chi connectivity index (χ0n) is 25.0. The van der Waals surface area contributed by atoms with Gasteiger partial charge in [-0.2, -0.15) is 0 Å². The van der Waals surface area contributed by atoms with E-state index < -0.39 is 16.1 Å². The van der Waals surface area contributed by atoms with Gasteiger partial charge in [-0.15, -0.1) is 0 Å². The van der Waals surface area contributed by atoms with Crippen LogP contribution in [0.25, 0.3) is 28.1 Å². The summed E-state index contributed by atoms with van der Waals surface area (Å²) < 4.78 is 3.05. The molecule has 0 amide bonds. The van der Waals surface area contributed by atoms with E-state index in [9.17, 15) is 0 Å². The van der Waals surface area contributed by atoms with E-state index in [2.05, 4.69) is 142 Å². The molecule has 8 rings (SSSR count). The van der Waals surface area contributed by atoms with E-state index in [1.54, 1.807) is 41.2 Å². The Bertz CT molecular complexity index is 1640. The van der Waals surface area contributed by atoms with Gasteiger partial charge in [-0.1, -0.05) is 42.1 Å². The Hall–Kier alpha value is -1.68. The van der Waals surface area contributed by atoms with Gasteiger partial charge in [0, 0.05) is 23.1 Å². The van der Waals surface area contributed by atoms with E-state index in [0.717, 1.165) is 5.54 Å². The van der Waals surface area contributed by atoms with Gasteiger partial charge in [0.1, 0.15) is 0 Å². The fourth-order valence-corrected chi connectivity index (χ4v) is 13.4. The molecule has 41 heavy (non-hydrogen) atoms. The summed E-state index contributed by atoms with van der Waals surface area (Å²) in [6.45, 7) is 16.8. The van der Waals surface area contributed by atoms with Crippen molar-refractivity contribution in [1.29, 1.82) is 0 Å². The van der Waals surface area contributed by atoms with E-state index in [4.69, 9.17) is 0 Å². The van der Waals surface area contributed by atoms with Crippen molar-refractivity contribution >= 4 is 32.6 Å². The molecule has 0 saturated carbocycles. The minimum absolute atomic E-state index is 0. The number of aromatic nitrogens is 1. The molecule has 0 N–H and O–H groups in total. The number of benzene rings is 3. The van der Waals surface area contributed by atoms with Crippen LogP contribution in [0.5, 0.6) is 0 Å². The van der Waals surface area contributed by atoms with Crippen molar-refractivity contribution in [2.24, 2.45) is 0 Å². The molecule has 2 aliphatic heterocycles. The summed E-state index contributed by atoms with van der Waals surface area (Å²) in [5.74, 6) is 0. The molecule has 2 aliphatic carbocycles. The minimum atomic E-state index is -1.21. The second kappa shape index (κ2) is 11.8. The number of rotatable bonds is 3. The number of nitrogens with zero attached hydrogens (tertiary/aromatic N) is 1. The van der Waals surface area contributed by atoms with E-state index in [-0.39, 0.29) is 24.8 Å². The maximum Gasteiger partial charge on any atom is -1.00 e. The molecule has 4 aromatic rings. The maximum atomic E-state index is 2.51. The molecule has 3 heterocycles. The first-order valence-corrected chi connectivity index (χ1v) is 22.1. The Morgan fingerprint density at radius 2 is 1.44 bits per heavy atom. The van der Waals surface area contributed by atoms with Gasteiger partial charge in [0.15, 0.2) is 0 Å². The quantitative estimate of drug-likeness (QED) is 0.292. The summed E-state index contributed by atoms with van der Waals surface area (Å²) in [6.07, 6.45) is 4.62. The van der Waals surface area contributed by atoms with Crippen LogP contribution in [0.3, 0.4) is 0 Å². The Morgan fingerprint density at radius 1 is 0.780 bits per heavy atom. The van der Waals surface area contributed by atoms with Crippen LogP contribution in [-0.4, -0.2) is 20.7 Å². The Labute approximate surface area is 275 Å². The number of hydrogen-bond acceptors (Lipinski definition) is 0. The molecule has 2 bridgehead atoms. The number of hydrogen-bond donors (Lipinski definition) is 0. The Kier molecular flexibility index (Phi) is 9.26. The maximum absolute atomic E-state index is 2.51. The molecule has 4 aliphatic rings. The first-order chi connectivity index (χ1) is 18.5. The van der Waals surface area contributed by atoms with Crippen LogP contribution in [0.15, 0.2) is 96.2 Å². The fraction of sp³-hybridized carbons (Fsp3) is 0.257. The molecule has 2 atom stereocenters. The van der Waals surface area contributed by atoms with Crippen molar-refractivity contribution in [3.8, 4) is 16.8 Å². The van der Waals surface area contributed by atoms with Gasteiger partial charge in [-0.3, -0.25) is 0 Å². The average molecular weight is 691 g/mol. The number of para-hydroxylation sites is 1. The third-order valence-electron chi connectivity index (χ3n) is 9.04. The molecule has 1 aromatic heterocycles. The van der Waals surface area contributed by atoms with Crippen molar-refractivity contribution < 1.29 is 49.5 Å². The van der Waals surface area contributed by atoms with Crippen molar-refractivity contribution in [1.82, 2.24) is 4.57 Å². The number of fused-ring (bicyclic) bond motifs is 1. The van der Waals surface area contributed by atoms with Crippen LogP contribution in [0, 0.1) is 0 Å². The van der Waals surface area contributed by atoms with Crippen molar-refractivity contribution in [2.75, 3.05) is 0 Å². The van der Waals surface area contributed by atoms with Gasteiger partial charge >= 0.3 is 145 Å². The van der Waals surface area contributed by atoms with Gasteiger partial charge in [-0.05, 0) is 30.7 Å². The summed E-state index contributed by atoms with van der Waals surface area (Å²) in [4.78, 5) is 0. The van der Waals surface area contributed by atoms with Gasteiger partial charge in [0.05, 0.1) is 8.07 Å². The molecule has 0 radical (unpaired) electrons. The number of allylic oxidation sites excluding steroid dienone is 2. The molecule has 209 valence electrons. The number of halogens is 2. The summed E-state index contributed by atoms with van der Waals surface area (Å²) in [6, 6.07) is 29.1. The molecule has 0 spiro atoms. The topological polar surface area (TPSA) is 4.93 Å². The van der Waals surface area contributed by atoms with Crippen LogP contribution in [-0.2, 0) is 24.7 Å². The summed E-state index contributed by atoms with van der Waals surface area (Å²) >= 11 is 1.59. The summed E-state index contributed by atoms with van der Waals surface area (Å²) in [7, 11) is -2.38. The first kappa shape index (κ1) is 32.2. The predicted octanol–water partition coefficient (Wildman–Crippen LogP) is 3.06. The normalized spacial score (nSPS) is 19.1. The third-order valence-corrected chi connectivity index (χ3v) is 17.1. The fourth-order valence-electron chi connectivity index (χ4n) is 7.08. The smallest absolute Gasteiger partial charge is 1.00 e. The van der Waals surface area contributed by atoms with Crippen LogP contribution >= 0.6 is 0 Å². The Balaban J connectivity index is 0.000000182. The summed E-state index contributed by atoms with van der Waals surface area (Å²) in [5, 5.41) is 3.25. The van der Waals surface area contributed by atoms with Gasteiger partial charge in [-0.25, -0.2) is 0 Å². The zero-order valence-corrected chi connectivity index (χ0v) is 31.0. The van der Waals surface area contributed by atoms with E-state index >= 15 is 0 Å². The van der Waals surface area contributed by atoms with E-state index in [1.807, 2.05) is 0 Å². The molecule has 0 fully saturated rings. The van der Waals surface area contributed by atoms with E-state index in [0.29, 0.717) is 3.63 Å². The van der Waals surface area contributed by atoms with Crippen molar-refractivity contribution in [2.45, 2.75) is 55.7 Å². The molecule has 3 aromatic carbocycles. The van der Waals surface area contributed by atoms with Crippen LogP contribution < -0.4 is 30.0 Å². The van der Waals surface area contributed by atoms with Crippen LogP contribution in [0.1, 0.15) is 45.4 Å². The molecular formula is C35H38Cl2NSi2Zr. The zero-order chi connectivity index (χ0) is 27.7. The van der Waals surface area contributed by atoms with Crippen LogP contribution in [0.2, 0.25) is 32.7 Å². The van der Waals surface area contributed by atoms with Crippen molar-refractivity contribution in [3.05, 3.63) is 119 Å². The largest absolute Gasteiger partial charge is 1.00 e. The Morgan fingerprint density at radius 3 is 2.05 bits per heavy atom. The molecular weight excluding hydrogens is 653 g/mol. The van der Waals surface area contributed by atoms with Gasteiger partial charge in [0.25, 0.3) is 0 Å². The molecule has 6 heteroatoms. The third kappa shape index (κ3) is 5.34. The van der Waals surface area contributed by atoms with Gasteiger partial charge in [0.2, 0.25) is 0 Å². The van der Waals surface area contributed by atoms with Gasteiger partial charge < -0.3 is 29.4 Å². The summed E-state index contributed by atoms with van der Waals surface area (Å²) in [5.41, 5.74) is 14.0. The molecule has 1 nitrogen and oxygen atoms in total. The minimum Gasteiger partial charge on any atom is -1.00 e. The van der Waals surface area contributed by atoms with Crippen LogP contribution in [0.4, 0.5) is 0 Å². The standard InChI is InChI=1S/C19H21Si.C16H17NSi.2ClH.Zr/c1-14-12-16-6-5-7-18(19(16)13-14)15-8-10-17(11-9-15)20(2,3)4;1-11-15-13-9-10-17(12-7-5-4-6-8-12)14(13)16(11)18(15,2)3;;;/h5-13H,1-4H3;4-10,16H,1-3H3;2*1H;/q;;;;+2/p-2.